The Hall–Kier alpha value is -2.13. The van der Waals surface area contributed by atoms with E-state index in [1.54, 1.807) is 0 Å². The minimum atomic E-state index is 0.203. The SMILES string of the molecule is COc1nc(OC)nc(Sc2nc3ccc(N)cc3s2)n1. The molecule has 2 heterocycles. The molecule has 0 aliphatic heterocycles. The van der Waals surface area contributed by atoms with E-state index in [2.05, 4.69) is 19.9 Å². The highest BCUT2D eigenvalue weighted by atomic mass is 32.2. The van der Waals surface area contributed by atoms with Crippen molar-refractivity contribution in [2.24, 2.45) is 0 Å². The average Bonchev–Trinajstić information content (AvgIpc) is 2.87. The molecule has 21 heavy (non-hydrogen) atoms. The van der Waals surface area contributed by atoms with Crippen molar-refractivity contribution in [3.05, 3.63) is 18.2 Å². The first-order valence-corrected chi connectivity index (χ1v) is 7.49. The van der Waals surface area contributed by atoms with Crippen molar-refractivity contribution >= 4 is 39.0 Å². The van der Waals surface area contributed by atoms with Gasteiger partial charge in [0.1, 0.15) is 0 Å². The van der Waals surface area contributed by atoms with E-state index >= 15 is 0 Å². The van der Waals surface area contributed by atoms with E-state index in [0.29, 0.717) is 10.8 Å². The van der Waals surface area contributed by atoms with E-state index in [1.165, 1.54) is 37.3 Å². The Balaban J connectivity index is 1.94. The molecule has 0 fully saturated rings. The predicted molar refractivity (Wildman–Crippen MR) is 81.1 cm³/mol. The molecule has 0 aliphatic carbocycles. The second-order valence-electron chi connectivity index (χ2n) is 3.90. The summed E-state index contributed by atoms with van der Waals surface area (Å²) in [5.74, 6) is 0. The first kappa shape index (κ1) is 13.8. The average molecular weight is 321 g/mol. The lowest BCUT2D eigenvalue weighted by atomic mass is 10.3. The Kier molecular flexibility index (Phi) is 3.76. The minimum absolute atomic E-state index is 0.203. The van der Waals surface area contributed by atoms with Gasteiger partial charge in [0.15, 0.2) is 4.34 Å². The number of ether oxygens (including phenoxy) is 2. The molecule has 7 nitrogen and oxygen atoms in total. The number of methoxy groups -OCH3 is 2. The second-order valence-corrected chi connectivity index (χ2v) is 6.15. The van der Waals surface area contributed by atoms with Crippen LogP contribution in [-0.4, -0.2) is 34.2 Å². The molecule has 108 valence electrons. The van der Waals surface area contributed by atoms with Gasteiger partial charge in [-0.25, -0.2) is 4.98 Å². The number of fused-ring (bicyclic) bond motifs is 1. The maximum atomic E-state index is 5.77. The van der Waals surface area contributed by atoms with Crippen LogP contribution in [-0.2, 0) is 0 Å². The summed E-state index contributed by atoms with van der Waals surface area (Å²) in [4.78, 5) is 16.8. The fourth-order valence-electron chi connectivity index (χ4n) is 1.59. The fourth-order valence-corrected chi connectivity index (χ4v) is 3.54. The lowest BCUT2D eigenvalue weighted by Crippen LogP contribution is -2.00. The summed E-state index contributed by atoms with van der Waals surface area (Å²) in [6.45, 7) is 0. The number of nitrogens with two attached hydrogens (primary N) is 1. The first-order chi connectivity index (χ1) is 10.2. The van der Waals surface area contributed by atoms with E-state index in [0.717, 1.165) is 14.6 Å². The van der Waals surface area contributed by atoms with E-state index in [1.807, 2.05) is 18.2 Å². The van der Waals surface area contributed by atoms with Crippen molar-refractivity contribution in [2.75, 3.05) is 20.0 Å². The standard InChI is InChI=1S/C12H11N5O2S2/c1-18-9-15-10(19-2)17-11(16-9)21-12-14-7-4-3-6(13)5-8(7)20-12/h3-5H,13H2,1-2H3. The fraction of sp³-hybridized carbons (Fsp3) is 0.167. The monoisotopic (exact) mass is 321 g/mol. The van der Waals surface area contributed by atoms with Crippen LogP contribution in [0.2, 0.25) is 0 Å². The molecule has 0 unspecified atom stereocenters. The lowest BCUT2D eigenvalue weighted by Gasteiger charge is -2.02. The van der Waals surface area contributed by atoms with Gasteiger partial charge < -0.3 is 15.2 Å². The molecule has 2 aromatic heterocycles. The van der Waals surface area contributed by atoms with Crippen molar-refractivity contribution in [1.82, 2.24) is 19.9 Å². The van der Waals surface area contributed by atoms with Crippen molar-refractivity contribution in [3.63, 3.8) is 0 Å². The summed E-state index contributed by atoms with van der Waals surface area (Å²) >= 11 is 2.85. The highest BCUT2D eigenvalue weighted by Gasteiger charge is 2.12. The molecule has 2 N–H and O–H groups in total. The highest BCUT2D eigenvalue weighted by Crippen LogP contribution is 2.34. The van der Waals surface area contributed by atoms with Crippen molar-refractivity contribution in [2.45, 2.75) is 9.50 Å². The zero-order valence-corrected chi connectivity index (χ0v) is 12.9. The number of benzene rings is 1. The molecule has 0 radical (unpaired) electrons. The van der Waals surface area contributed by atoms with Crippen LogP contribution in [0.1, 0.15) is 0 Å². The Morgan fingerprint density at radius 1 is 1.05 bits per heavy atom. The summed E-state index contributed by atoms with van der Waals surface area (Å²) in [7, 11) is 2.98. The number of thiazole rings is 1. The topological polar surface area (TPSA) is 96.0 Å². The van der Waals surface area contributed by atoms with Crippen LogP contribution in [0.5, 0.6) is 12.0 Å². The van der Waals surface area contributed by atoms with E-state index in [-0.39, 0.29) is 12.0 Å². The first-order valence-electron chi connectivity index (χ1n) is 5.86. The van der Waals surface area contributed by atoms with Gasteiger partial charge in [-0.15, -0.1) is 16.3 Å². The van der Waals surface area contributed by atoms with Gasteiger partial charge in [-0.1, -0.05) is 0 Å². The van der Waals surface area contributed by atoms with Crippen LogP contribution in [0, 0.1) is 0 Å². The normalized spacial score (nSPS) is 10.8. The summed E-state index contributed by atoms with van der Waals surface area (Å²) in [5, 5.41) is 0.464. The summed E-state index contributed by atoms with van der Waals surface area (Å²) in [6.07, 6.45) is 0. The summed E-state index contributed by atoms with van der Waals surface area (Å²) in [6, 6.07) is 6.01. The number of nitrogens with zero attached hydrogens (tertiary/aromatic N) is 4. The number of rotatable bonds is 4. The highest BCUT2D eigenvalue weighted by molar-refractivity contribution is 8.01. The Morgan fingerprint density at radius 3 is 2.43 bits per heavy atom. The zero-order valence-electron chi connectivity index (χ0n) is 11.2. The predicted octanol–water partition coefficient (Wildman–Crippen LogP) is 2.23. The molecule has 0 saturated carbocycles. The molecule has 0 bridgehead atoms. The molecule has 9 heteroatoms. The minimum Gasteiger partial charge on any atom is -0.467 e. The maximum absolute atomic E-state index is 5.77. The number of anilines is 1. The van der Waals surface area contributed by atoms with Gasteiger partial charge in [0.2, 0.25) is 5.16 Å². The quantitative estimate of drug-likeness (QED) is 0.731. The van der Waals surface area contributed by atoms with Gasteiger partial charge in [-0.05, 0) is 30.0 Å². The Labute approximate surface area is 128 Å². The molecule has 0 spiro atoms. The number of aromatic nitrogens is 4. The third kappa shape index (κ3) is 2.98. The van der Waals surface area contributed by atoms with E-state index in [9.17, 15) is 0 Å². The van der Waals surface area contributed by atoms with Gasteiger partial charge in [0.25, 0.3) is 0 Å². The second kappa shape index (κ2) is 5.70. The third-order valence-corrected chi connectivity index (χ3v) is 4.45. The van der Waals surface area contributed by atoms with Gasteiger partial charge in [0, 0.05) is 5.69 Å². The van der Waals surface area contributed by atoms with Crippen LogP contribution in [0.3, 0.4) is 0 Å². The smallest absolute Gasteiger partial charge is 0.323 e. The molecule has 0 saturated heterocycles. The number of nitrogen functional groups attached to an aromatic ring is 1. The third-order valence-electron chi connectivity index (χ3n) is 2.51. The Morgan fingerprint density at radius 2 is 1.76 bits per heavy atom. The Bertz CT molecular complexity index is 770. The summed E-state index contributed by atoms with van der Waals surface area (Å²) < 4.78 is 11.9. The van der Waals surface area contributed by atoms with Gasteiger partial charge in [0.05, 0.1) is 24.4 Å². The largest absolute Gasteiger partial charge is 0.467 e. The number of hydrogen-bond donors (Lipinski definition) is 1. The molecule has 0 atom stereocenters. The van der Waals surface area contributed by atoms with E-state index in [4.69, 9.17) is 15.2 Å². The van der Waals surface area contributed by atoms with Crippen molar-refractivity contribution < 1.29 is 9.47 Å². The van der Waals surface area contributed by atoms with Crippen molar-refractivity contribution in [1.29, 1.82) is 0 Å². The van der Waals surface area contributed by atoms with Crippen molar-refractivity contribution in [3.8, 4) is 12.0 Å². The van der Waals surface area contributed by atoms with Gasteiger partial charge in [-0.3, -0.25) is 0 Å². The lowest BCUT2D eigenvalue weighted by molar-refractivity contribution is 0.332. The maximum Gasteiger partial charge on any atom is 0.323 e. The van der Waals surface area contributed by atoms with Crippen LogP contribution in [0.15, 0.2) is 27.7 Å². The van der Waals surface area contributed by atoms with Crippen LogP contribution in [0.4, 0.5) is 5.69 Å². The molecule has 1 aromatic carbocycles. The van der Waals surface area contributed by atoms with Crippen LogP contribution < -0.4 is 15.2 Å². The molecule has 0 amide bonds. The van der Waals surface area contributed by atoms with Gasteiger partial charge >= 0.3 is 12.0 Å². The van der Waals surface area contributed by atoms with Crippen LogP contribution in [0.25, 0.3) is 10.2 Å². The zero-order chi connectivity index (χ0) is 14.8. The number of hydrogen-bond acceptors (Lipinski definition) is 9. The molecule has 0 aliphatic rings. The van der Waals surface area contributed by atoms with E-state index < -0.39 is 0 Å². The van der Waals surface area contributed by atoms with Gasteiger partial charge in [-0.2, -0.15) is 9.97 Å². The summed E-state index contributed by atoms with van der Waals surface area (Å²) in [5.41, 5.74) is 7.37. The molecule has 3 rings (SSSR count). The molecule has 3 aromatic rings. The molecular formula is C12H11N5O2S2. The molecular weight excluding hydrogens is 310 g/mol. The van der Waals surface area contributed by atoms with Crippen LogP contribution >= 0.6 is 23.1 Å².